The molecular weight excluding hydrogens is 380 g/mol. The van der Waals surface area contributed by atoms with E-state index < -0.39 is 11.2 Å². The van der Waals surface area contributed by atoms with Gasteiger partial charge in [0, 0.05) is 24.8 Å². The lowest BCUT2D eigenvalue weighted by Crippen LogP contribution is -2.40. The van der Waals surface area contributed by atoms with E-state index in [1.807, 2.05) is 12.1 Å². The van der Waals surface area contributed by atoms with Gasteiger partial charge in [-0.25, -0.2) is 9.78 Å². The summed E-state index contributed by atoms with van der Waals surface area (Å²) in [5, 5.41) is 0.909. The van der Waals surface area contributed by atoms with Crippen molar-refractivity contribution in [2.24, 2.45) is 7.05 Å². The molecule has 0 N–H and O–H groups in total. The first-order valence-electron chi connectivity index (χ1n) is 8.60. The number of hydrogen-bond donors (Lipinski definition) is 0. The lowest BCUT2D eigenvalue weighted by molar-refractivity contribution is -0.128. The third kappa shape index (κ3) is 3.87. The van der Waals surface area contributed by atoms with Crippen LogP contribution in [0.15, 0.2) is 40.1 Å². The number of ether oxygens (including phenoxy) is 1. The number of carbonyl (C=O) groups is 1. The smallest absolute Gasteiger partial charge is 0.332 e. The van der Waals surface area contributed by atoms with Gasteiger partial charge in [0.05, 0.1) is 12.0 Å². The summed E-state index contributed by atoms with van der Waals surface area (Å²) in [5.41, 5.74) is 1.21. The molecular formula is C19H17BClN3O4. The van der Waals surface area contributed by atoms with Crippen LogP contribution in [-0.4, -0.2) is 35.0 Å². The predicted octanol–water partition coefficient (Wildman–Crippen LogP) is 0.696. The van der Waals surface area contributed by atoms with Crippen LogP contribution in [0.2, 0.25) is 5.02 Å². The number of rotatable bonds is 7. The highest BCUT2D eigenvalue weighted by atomic mass is 35.5. The fraction of sp³-hybridized carbons (Fsp3) is 0.263. The molecule has 142 valence electrons. The van der Waals surface area contributed by atoms with Gasteiger partial charge in [-0.3, -0.25) is 18.7 Å². The number of halogens is 1. The minimum absolute atomic E-state index is 0.115. The monoisotopic (exact) mass is 397 g/mol. The Morgan fingerprint density at radius 3 is 2.64 bits per heavy atom. The van der Waals surface area contributed by atoms with Crippen LogP contribution in [0, 0.1) is 0 Å². The summed E-state index contributed by atoms with van der Waals surface area (Å²) in [6.07, 6.45) is 2.18. The predicted molar refractivity (Wildman–Crippen MR) is 108 cm³/mol. The van der Waals surface area contributed by atoms with Crippen molar-refractivity contribution in [1.82, 2.24) is 14.1 Å². The number of hydrogen-bond acceptors (Lipinski definition) is 5. The molecule has 0 saturated carbocycles. The second kappa shape index (κ2) is 8.43. The molecule has 3 aromatic rings. The molecule has 2 heterocycles. The van der Waals surface area contributed by atoms with E-state index in [0.29, 0.717) is 40.7 Å². The first-order chi connectivity index (χ1) is 13.4. The van der Waals surface area contributed by atoms with Crippen molar-refractivity contribution < 1.29 is 9.53 Å². The summed E-state index contributed by atoms with van der Waals surface area (Å²) in [7, 11) is 7.68. The number of carbonyl (C=O) groups excluding carboxylic acids is 1. The zero-order valence-corrected chi connectivity index (χ0v) is 16.0. The summed E-state index contributed by atoms with van der Waals surface area (Å²) in [6, 6.07) is 7.23. The molecule has 9 heteroatoms. The summed E-state index contributed by atoms with van der Waals surface area (Å²) < 4.78 is 7.07. The van der Waals surface area contributed by atoms with Crippen LogP contribution in [0.5, 0.6) is 0 Å². The van der Waals surface area contributed by atoms with Gasteiger partial charge in [-0.05, 0) is 36.1 Å². The van der Waals surface area contributed by atoms with Crippen LogP contribution >= 0.6 is 11.6 Å². The van der Waals surface area contributed by atoms with Gasteiger partial charge in [0.2, 0.25) is 0 Å². The number of aromatic nitrogens is 3. The molecule has 3 rings (SSSR count). The van der Waals surface area contributed by atoms with E-state index in [1.165, 1.54) is 10.8 Å². The van der Waals surface area contributed by atoms with E-state index >= 15 is 0 Å². The third-order valence-corrected chi connectivity index (χ3v) is 4.75. The molecule has 0 bridgehead atoms. The van der Waals surface area contributed by atoms with Crippen LogP contribution in [0.3, 0.4) is 0 Å². The van der Waals surface area contributed by atoms with Crippen molar-refractivity contribution >= 4 is 42.4 Å². The molecule has 2 aromatic heterocycles. The highest BCUT2D eigenvalue weighted by molar-refractivity contribution is 6.34. The lowest BCUT2D eigenvalue weighted by Gasteiger charge is -2.15. The normalized spacial score (nSPS) is 10.9. The van der Waals surface area contributed by atoms with Crippen molar-refractivity contribution in [2.45, 2.75) is 19.4 Å². The molecule has 0 aliphatic carbocycles. The second-order valence-electron chi connectivity index (χ2n) is 6.31. The van der Waals surface area contributed by atoms with Crippen LogP contribution in [0.1, 0.15) is 17.5 Å². The maximum atomic E-state index is 13.1. The minimum Gasteiger partial charge on any atom is -0.468 e. The Hall–Kier alpha value is -2.87. The third-order valence-electron chi connectivity index (χ3n) is 4.50. The highest BCUT2D eigenvalue weighted by Crippen LogP contribution is 2.16. The largest absolute Gasteiger partial charge is 0.468 e. The highest BCUT2D eigenvalue weighted by Gasteiger charge is 2.17. The number of nitrogens with zero attached hydrogens (tertiary/aromatic N) is 3. The Morgan fingerprint density at radius 2 is 1.96 bits per heavy atom. The van der Waals surface area contributed by atoms with Gasteiger partial charge < -0.3 is 4.74 Å². The lowest BCUT2D eigenvalue weighted by atomic mass is 9.87. The Labute approximate surface area is 166 Å². The molecule has 0 unspecified atom stereocenters. The zero-order valence-electron chi connectivity index (χ0n) is 15.2. The molecule has 0 spiro atoms. The van der Waals surface area contributed by atoms with E-state index in [1.54, 1.807) is 19.2 Å². The molecule has 0 aliphatic heterocycles. The summed E-state index contributed by atoms with van der Waals surface area (Å²) in [5.74, 6) is 0. The molecule has 0 atom stereocenters. The Bertz CT molecular complexity index is 1140. The molecule has 2 radical (unpaired) electrons. The van der Waals surface area contributed by atoms with E-state index in [9.17, 15) is 14.4 Å². The van der Waals surface area contributed by atoms with Crippen LogP contribution in [-0.2, 0) is 29.5 Å². The molecule has 7 nitrogen and oxygen atoms in total. The van der Waals surface area contributed by atoms with Crippen molar-refractivity contribution in [3.63, 3.8) is 0 Å². The van der Waals surface area contributed by atoms with E-state index in [2.05, 4.69) is 9.72 Å². The second-order valence-corrected chi connectivity index (χ2v) is 6.75. The van der Waals surface area contributed by atoms with E-state index in [4.69, 9.17) is 19.4 Å². The maximum absolute atomic E-state index is 13.1. The van der Waals surface area contributed by atoms with Crippen molar-refractivity contribution in [2.75, 3.05) is 6.61 Å². The number of pyridine rings is 1. The number of benzene rings is 1. The summed E-state index contributed by atoms with van der Waals surface area (Å²) in [4.78, 5) is 40.2. The first-order valence-corrected chi connectivity index (χ1v) is 8.98. The molecule has 0 amide bonds. The van der Waals surface area contributed by atoms with Crippen LogP contribution in [0.25, 0.3) is 11.0 Å². The van der Waals surface area contributed by atoms with Crippen LogP contribution < -0.4 is 16.7 Å². The van der Waals surface area contributed by atoms with Gasteiger partial charge in [0.1, 0.15) is 13.5 Å². The van der Waals surface area contributed by atoms with Gasteiger partial charge in [-0.15, -0.1) is 0 Å². The van der Waals surface area contributed by atoms with E-state index in [-0.39, 0.29) is 18.8 Å². The van der Waals surface area contributed by atoms with E-state index in [0.717, 1.165) is 10.1 Å². The van der Waals surface area contributed by atoms with Gasteiger partial charge in [-0.1, -0.05) is 29.2 Å². The Kier molecular flexibility index (Phi) is 5.99. The topological polar surface area (TPSA) is 83.2 Å². The average molecular weight is 398 g/mol. The summed E-state index contributed by atoms with van der Waals surface area (Å²) in [6.45, 7) is 0.560. The zero-order chi connectivity index (χ0) is 20.3. The molecule has 1 aromatic carbocycles. The minimum atomic E-state index is -0.488. The molecule has 28 heavy (non-hydrogen) atoms. The first kappa shape index (κ1) is 19.9. The van der Waals surface area contributed by atoms with Gasteiger partial charge in [0.25, 0.3) is 12.0 Å². The Morgan fingerprint density at radius 1 is 1.25 bits per heavy atom. The SMILES string of the molecule is [B]c1cnc2c(c1Cc1ccc(Cl)cc1)c(=O)n(CCCOC=O)c(=O)n2C. The fourth-order valence-electron chi connectivity index (χ4n) is 3.07. The van der Waals surface area contributed by atoms with Crippen LogP contribution in [0.4, 0.5) is 0 Å². The number of fused-ring (bicyclic) bond motifs is 1. The van der Waals surface area contributed by atoms with Gasteiger partial charge in [-0.2, -0.15) is 0 Å². The fourth-order valence-corrected chi connectivity index (χ4v) is 3.20. The quantitative estimate of drug-likeness (QED) is 0.333. The molecule has 0 aliphatic rings. The number of aryl methyl sites for hydroxylation is 1. The van der Waals surface area contributed by atoms with Crippen molar-refractivity contribution in [3.05, 3.63) is 67.4 Å². The van der Waals surface area contributed by atoms with Gasteiger partial charge in [0.15, 0.2) is 0 Å². The standard InChI is InChI=1S/C19H17BClN3O4/c1-23-17-16(18(26)24(19(23)27)7-2-8-28-11-25)14(15(20)10-22-17)9-12-3-5-13(21)6-4-12/h3-6,10-11H,2,7-9H2,1H3. The van der Waals surface area contributed by atoms with Gasteiger partial charge >= 0.3 is 5.69 Å². The summed E-state index contributed by atoms with van der Waals surface area (Å²) >= 11 is 5.94. The Balaban J connectivity index is 2.15. The molecule has 0 fully saturated rings. The maximum Gasteiger partial charge on any atom is 0.332 e. The van der Waals surface area contributed by atoms with Crippen molar-refractivity contribution in [3.8, 4) is 0 Å². The van der Waals surface area contributed by atoms with Crippen molar-refractivity contribution in [1.29, 1.82) is 0 Å². The average Bonchev–Trinajstić information content (AvgIpc) is 2.68. The molecule has 0 saturated heterocycles.